The zero-order valence-corrected chi connectivity index (χ0v) is 17.3. The number of nitrogens with one attached hydrogen (secondary N) is 1. The predicted octanol–water partition coefficient (Wildman–Crippen LogP) is 4.16. The molecule has 2 heterocycles. The molecule has 3 aromatic rings. The van der Waals surface area contributed by atoms with E-state index in [9.17, 15) is 4.79 Å². The Morgan fingerprint density at radius 3 is 2.28 bits per heavy atom. The molecule has 2 aromatic heterocycles. The standard InChI is InChI=1S/C24H28N4O/c1-24(2,3)22-8-6-19(7-9-22)12-16-28(18-20-10-14-25-15-11-20)27-23(29)21-5-4-13-26-17-21/h4-11,13-15,17H,12,16,18H2,1-3H3,(H,27,29). The lowest BCUT2D eigenvalue weighted by molar-refractivity contribution is 0.0776. The first-order valence-electron chi connectivity index (χ1n) is 9.86. The summed E-state index contributed by atoms with van der Waals surface area (Å²) < 4.78 is 0. The molecule has 5 heteroatoms. The molecule has 1 amide bonds. The highest BCUT2D eigenvalue weighted by Crippen LogP contribution is 2.22. The van der Waals surface area contributed by atoms with Gasteiger partial charge in [0.2, 0.25) is 0 Å². The van der Waals surface area contributed by atoms with Crippen molar-refractivity contribution in [3.05, 3.63) is 95.6 Å². The highest BCUT2D eigenvalue weighted by molar-refractivity contribution is 5.93. The average Bonchev–Trinajstić information content (AvgIpc) is 2.73. The lowest BCUT2D eigenvalue weighted by atomic mass is 9.86. The molecule has 0 aliphatic heterocycles. The number of amides is 1. The van der Waals surface area contributed by atoms with Crippen LogP contribution in [-0.2, 0) is 18.4 Å². The van der Waals surface area contributed by atoms with E-state index in [0.29, 0.717) is 18.7 Å². The molecule has 0 saturated carbocycles. The monoisotopic (exact) mass is 388 g/mol. The molecule has 29 heavy (non-hydrogen) atoms. The minimum atomic E-state index is -0.157. The number of nitrogens with zero attached hydrogens (tertiary/aromatic N) is 3. The molecule has 0 unspecified atom stereocenters. The van der Waals surface area contributed by atoms with Gasteiger partial charge in [-0.15, -0.1) is 0 Å². The third-order valence-electron chi connectivity index (χ3n) is 4.80. The maximum atomic E-state index is 12.6. The van der Waals surface area contributed by atoms with E-state index in [4.69, 9.17) is 0 Å². The van der Waals surface area contributed by atoms with E-state index >= 15 is 0 Å². The van der Waals surface area contributed by atoms with Crippen molar-refractivity contribution >= 4 is 5.91 Å². The van der Waals surface area contributed by atoms with E-state index in [1.54, 1.807) is 36.9 Å². The molecular formula is C24H28N4O. The van der Waals surface area contributed by atoms with E-state index < -0.39 is 0 Å². The summed E-state index contributed by atoms with van der Waals surface area (Å²) in [6, 6.07) is 16.2. The second-order valence-corrected chi connectivity index (χ2v) is 8.16. The van der Waals surface area contributed by atoms with E-state index in [2.05, 4.69) is 60.4 Å². The second-order valence-electron chi connectivity index (χ2n) is 8.16. The van der Waals surface area contributed by atoms with Crippen LogP contribution in [0, 0.1) is 0 Å². The van der Waals surface area contributed by atoms with Crippen molar-refractivity contribution < 1.29 is 4.79 Å². The molecule has 0 spiro atoms. The van der Waals surface area contributed by atoms with Gasteiger partial charge in [-0.25, -0.2) is 5.01 Å². The van der Waals surface area contributed by atoms with Crippen LogP contribution < -0.4 is 5.43 Å². The topological polar surface area (TPSA) is 58.1 Å². The Kier molecular flexibility index (Phi) is 6.73. The summed E-state index contributed by atoms with van der Waals surface area (Å²) in [6.45, 7) is 7.95. The SMILES string of the molecule is CC(C)(C)c1ccc(CCN(Cc2ccncc2)NC(=O)c2cccnc2)cc1. The summed E-state index contributed by atoms with van der Waals surface area (Å²) in [6.07, 6.45) is 7.60. The minimum Gasteiger partial charge on any atom is -0.284 e. The third-order valence-corrected chi connectivity index (χ3v) is 4.80. The molecule has 0 atom stereocenters. The number of carbonyl (C=O) groups is 1. The quantitative estimate of drug-likeness (QED) is 0.618. The summed E-state index contributed by atoms with van der Waals surface area (Å²) in [5.41, 5.74) is 7.36. The Hall–Kier alpha value is -3.05. The number of carbonyl (C=O) groups excluding carboxylic acids is 1. The third kappa shape index (κ3) is 6.22. The first kappa shape index (κ1) is 20.7. The van der Waals surface area contributed by atoms with Crippen LogP contribution in [0.5, 0.6) is 0 Å². The predicted molar refractivity (Wildman–Crippen MR) is 115 cm³/mol. The van der Waals surface area contributed by atoms with E-state index in [0.717, 1.165) is 12.0 Å². The number of rotatable bonds is 7. The van der Waals surface area contributed by atoms with Crippen LogP contribution in [0.2, 0.25) is 0 Å². The average molecular weight is 389 g/mol. The highest BCUT2D eigenvalue weighted by Gasteiger charge is 2.14. The van der Waals surface area contributed by atoms with Crippen molar-refractivity contribution in [2.24, 2.45) is 0 Å². The highest BCUT2D eigenvalue weighted by atomic mass is 16.2. The van der Waals surface area contributed by atoms with E-state index in [1.807, 2.05) is 17.1 Å². The zero-order chi connectivity index (χ0) is 20.7. The van der Waals surface area contributed by atoms with Crippen LogP contribution in [-0.4, -0.2) is 27.4 Å². The number of hydrogen-bond donors (Lipinski definition) is 1. The maximum absolute atomic E-state index is 12.6. The Morgan fingerprint density at radius 2 is 1.66 bits per heavy atom. The number of hydrogen-bond acceptors (Lipinski definition) is 4. The van der Waals surface area contributed by atoms with Crippen LogP contribution in [0.4, 0.5) is 0 Å². The Balaban J connectivity index is 1.68. The first-order valence-corrected chi connectivity index (χ1v) is 9.86. The Labute approximate surface area is 172 Å². The Morgan fingerprint density at radius 1 is 0.931 bits per heavy atom. The summed E-state index contributed by atoms with van der Waals surface area (Å²) in [4.78, 5) is 20.7. The number of hydrazine groups is 1. The fourth-order valence-electron chi connectivity index (χ4n) is 3.02. The molecule has 1 N–H and O–H groups in total. The van der Waals surface area contributed by atoms with Gasteiger partial charge in [0.05, 0.1) is 5.56 Å². The van der Waals surface area contributed by atoms with Gasteiger partial charge < -0.3 is 0 Å². The molecule has 0 radical (unpaired) electrons. The summed E-state index contributed by atoms with van der Waals surface area (Å²) in [5.74, 6) is -0.157. The van der Waals surface area contributed by atoms with E-state index in [-0.39, 0.29) is 11.3 Å². The van der Waals surface area contributed by atoms with Gasteiger partial charge in [0, 0.05) is 37.9 Å². The maximum Gasteiger partial charge on any atom is 0.267 e. The van der Waals surface area contributed by atoms with Crippen molar-refractivity contribution in [1.29, 1.82) is 0 Å². The fraction of sp³-hybridized carbons (Fsp3) is 0.292. The van der Waals surface area contributed by atoms with Gasteiger partial charge in [-0.2, -0.15) is 0 Å². The number of aromatic nitrogens is 2. The normalized spacial score (nSPS) is 11.4. The summed E-state index contributed by atoms with van der Waals surface area (Å²) >= 11 is 0. The van der Waals surface area contributed by atoms with Crippen LogP contribution in [0.3, 0.4) is 0 Å². The van der Waals surface area contributed by atoms with Crippen LogP contribution in [0.1, 0.15) is 47.8 Å². The zero-order valence-electron chi connectivity index (χ0n) is 17.3. The van der Waals surface area contributed by atoms with Gasteiger partial charge in [-0.05, 0) is 52.8 Å². The number of pyridine rings is 2. The lowest BCUT2D eigenvalue weighted by Crippen LogP contribution is -2.42. The molecule has 1 aromatic carbocycles. The second kappa shape index (κ2) is 9.43. The minimum absolute atomic E-state index is 0.142. The smallest absolute Gasteiger partial charge is 0.267 e. The fourth-order valence-corrected chi connectivity index (χ4v) is 3.02. The van der Waals surface area contributed by atoms with Crippen molar-refractivity contribution in [2.45, 2.75) is 39.2 Å². The first-order chi connectivity index (χ1) is 13.9. The van der Waals surface area contributed by atoms with Crippen molar-refractivity contribution in [3.63, 3.8) is 0 Å². The van der Waals surface area contributed by atoms with Gasteiger partial charge in [0.25, 0.3) is 5.91 Å². The van der Waals surface area contributed by atoms with Crippen LogP contribution in [0.15, 0.2) is 73.3 Å². The molecule has 0 aliphatic carbocycles. The van der Waals surface area contributed by atoms with Gasteiger partial charge >= 0.3 is 0 Å². The van der Waals surface area contributed by atoms with E-state index in [1.165, 1.54) is 11.1 Å². The molecule has 0 saturated heterocycles. The molecule has 0 aliphatic rings. The van der Waals surface area contributed by atoms with Crippen molar-refractivity contribution in [1.82, 2.24) is 20.4 Å². The Bertz CT molecular complexity index is 903. The van der Waals surface area contributed by atoms with Gasteiger partial charge in [0.15, 0.2) is 0 Å². The van der Waals surface area contributed by atoms with Crippen LogP contribution in [0.25, 0.3) is 0 Å². The molecule has 0 bridgehead atoms. The largest absolute Gasteiger partial charge is 0.284 e. The number of benzene rings is 1. The van der Waals surface area contributed by atoms with Crippen LogP contribution >= 0.6 is 0 Å². The van der Waals surface area contributed by atoms with Gasteiger partial charge in [-0.3, -0.25) is 20.2 Å². The summed E-state index contributed by atoms with van der Waals surface area (Å²) in [5, 5.41) is 1.95. The van der Waals surface area contributed by atoms with Gasteiger partial charge in [0.1, 0.15) is 0 Å². The summed E-state index contributed by atoms with van der Waals surface area (Å²) in [7, 11) is 0. The molecule has 3 rings (SSSR count). The lowest BCUT2D eigenvalue weighted by Gasteiger charge is -2.24. The molecule has 150 valence electrons. The van der Waals surface area contributed by atoms with Crippen molar-refractivity contribution in [3.8, 4) is 0 Å². The molecule has 5 nitrogen and oxygen atoms in total. The molecular weight excluding hydrogens is 360 g/mol. The van der Waals surface area contributed by atoms with Crippen molar-refractivity contribution in [2.75, 3.05) is 6.54 Å². The molecule has 0 fully saturated rings. The van der Waals surface area contributed by atoms with Gasteiger partial charge in [-0.1, -0.05) is 45.0 Å².